The lowest BCUT2D eigenvalue weighted by Gasteiger charge is -2.24. The topological polar surface area (TPSA) is 66.8 Å². The molecule has 150 valence electrons. The van der Waals surface area contributed by atoms with E-state index in [0.717, 1.165) is 0 Å². The van der Waals surface area contributed by atoms with Crippen LogP contribution in [0.1, 0.15) is 24.1 Å². The number of likely N-dealkylation sites (tertiary alicyclic amines) is 1. The Labute approximate surface area is 172 Å². The molecule has 0 unspecified atom stereocenters. The number of hydrogen-bond donors (Lipinski definition) is 1. The van der Waals surface area contributed by atoms with E-state index < -0.39 is 23.5 Å². The monoisotopic (exact) mass is 415 g/mol. The van der Waals surface area contributed by atoms with Crippen molar-refractivity contribution >= 4 is 29.1 Å². The highest BCUT2D eigenvalue weighted by molar-refractivity contribution is 6.46. The van der Waals surface area contributed by atoms with Gasteiger partial charge < -0.3 is 14.7 Å². The third kappa shape index (κ3) is 3.89. The molecule has 0 aliphatic carbocycles. The summed E-state index contributed by atoms with van der Waals surface area (Å²) in [6.07, 6.45) is 1.48. The SMILES string of the molecule is C=CCN1C(=O)C(=O)C(=C(O)c2ccc(OCC)c(Cl)c2)[C@H]1c1ccc(F)cc1. The van der Waals surface area contributed by atoms with Crippen molar-refractivity contribution in [2.75, 3.05) is 13.2 Å². The zero-order chi connectivity index (χ0) is 21.1. The largest absolute Gasteiger partial charge is 0.507 e. The molecule has 1 aliphatic rings. The van der Waals surface area contributed by atoms with E-state index in [-0.39, 0.29) is 28.5 Å². The fourth-order valence-corrected chi connectivity index (χ4v) is 3.51. The lowest BCUT2D eigenvalue weighted by atomic mass is 9.95. The van der Waals surface area contributed by atoms with E-state index >= 15 is 0 Å². The molecule has 2 aromatic carbocycles. The van der Waals surface area contributed by atoms with Crippen molar-refractivity contribution in [2.24, 2.45) is 0 Å². The molecule has 1 atom stereocenters. The van der Waals surface area contributed by atoms with E-state index in [1.807, 2.05) is 6.92 Å². The maximum Gasteiger partial charge on any atom is 0.295 e. The van der Waals surface area contributed by atoms with E-state index in [9.17, 15) is 19.1 Å². The molecule has 1 amide bonds. The molecule has 0 aromatic heterocycles. The third-order valence-corrected chi connectivity index (χ3v) is 4.85. The first-order valence-corrected chi connectivity index (χ1v) is 9.34. The van der Waals surface area contributed by atoms with Gasteiger partial charge in [-0.1, -0.05) is 29.8 Å². The van der Waals surface area contributed by atoms with Gasteiger partial charge >= 0.3 is 0 Å². The number of amides is 1. The van der Waals surface area contributed by atoms with Crippen molar-refractivity contribution < 1.29 is 23.8 Å². The molecule has 1 aliphatic heterocycles. The first-order chi connectivity index (χ1) is 13.9. The van der Waals surface area contributed by atoms with Crippen molar-refractivity contribution in [3.05, 3.63) is 82.7 Å². The summed E-state index contributed by atoms with van der Waals surface area (Å²) in [5.41, 5.74) is 0.664. The quantitative estimate of drug-likeness (QED) is 0.327. The Kier molecular flexibility index (Phi) is 6.03. The summed E-state index contributed by atoms with van der Waals surface area (Å²) < 4.78 is 18.8. The van der Waals surface area contributed by atoms with Gasteiger partial charge in [-0.25, -0.2) is 4.39 Å². The van der Waals surface area contributed by atoms with Crippen molar-refractivity contribution in [1.82, 2.24) is 4.90 Å². The van der Waals surface area contributed by atoms with Crippen molar-refractivity contribution in [2.45, 2.75) is 13.0 Å². The van der Waals surface area contributed by atoms with Gasteiger partial charge in [-0.15, -0.1) is 6.58 Å². The molecular formula is C22H19ClFNO4. The highest BCUT2D eigenvalue weighted by Gasteiger charge is 2.45. The van der Waals surface area contributed by atoms with Crippen molar-refractivity contribution in [1.29, 1.82) is 0 Å². The minimum atomic E-state index is -0.876. The third-order valence-electron chi connectivity index (χ3n) is 4.56. The molecule has 1 heterocycles. The molecule has 5 nitrogen and oxygen atoms in total. The Balaban J connectivity index is 2.15. The van der Waals surface area contributed by atoms with Crippen LogP contribution in [0, 0.1) is 5.82 Å². The zero-order valence-corrected chi connectivity index (χ0v) is 16.4. The normalized spacial score (nSPS) is 18.2. The van der Waals surface area contributed by atoms with Gasteiger partial charge in [0.25, 0.3) is 11.7 Å². The van der Waals surface area contributed by atoms with Crippen LogP contribution in [0.5, 0.6) is 5.75 Å². The second-order valence-corrected chi connectivity index (χ2v) is 6.78. The maximum atomic E-state index is 13.4. The summed E-state index contributed by atoms with van der Waals surface area (Å²) >= 11 is 6.20. The smallest absolute Gasteiger partial charge is 0.295 e. The Morgan fingerprint density at radius 2 is 1.97 bits per heavy atom. The van der Waals surface area contributed by atoms with Crippen molar-refractivity contribution in [3.63, 3.8) is 0 Å². The molecule has 1 N–H and O–H groups in total. The predicted octanol–water partition coefficient (Wildman–Crippen LogP) is 4.49. The lowest BCUT2D eigenvalue weighted by Crippen LogP contribution is -2.29. The summed E-state index contributed by atoms with van der Waals surface area (Å²) in [6, 6.07) is 9.13. The van der Waals surface area contributed by atoms with E-state index in [4.69, 9.17) is 16.3 Å². The number of ether oxygens (including phenoxy) is 1. The molecule has 2 aromatic rings. The Bertz CT molecular complexity index is 1000. The van der Waals surface area contributed by atoms with Crippen LogP contribution in [0.2, 0.25) is 5.02 Å². The molecule has 0 bridgehead atoms. The number of carbonyl (C=O) groups is 2. The number of aliphatic hydroxyl groups is 1. The van der Waals surface area contributed by atoms with Crippen molar-refractivity contribution in [3.8, 4) is 5.75 Å². The van der Waals surface area contributed by atoms with Gasteiger partial charge in [0.2, 0.25) is 0 Å². The van der Waals surface area contributed by atoms with Crippen LogP contribution in [0.3, 0.4) is 0 Å². The molecule has 1 fully saturated rings. The van der Waals surface area contributed by atoms with E-state index in [0.29, 0.717) is 17.9 Å². The van der Waals surface area contributed by atoms with Gasteiger partial charge in [0.15, 0.2) is 0 Å². The zero-order valence-electron chi connectivity index (χ0n) is 15.7. The number of benzene rings is 2. The molecular weight excluding hydrogens is 397 g/mol. The minimum absolute atomic E-state index is 0.0907. The van der Waals surface area contributed by atoms with Crippen LogP contribution in [0.4, 0.5) is 4.39 Å². The van der Waals surface area contributed by atoms with Gasteiger partial charge in [0.1, 0.15) is 17.3 Å². The number of ketones is 1. The van der Waals surface area contributed by atoms with Crippen LogP contribution < -0.4 is 4.74 Å². The van der Waals surface area contributed by atoms with E-state index in [1.165, 1.54) is 41.3 Å². The maximum absolute atomic E-state index is 13.4. The average molecular weight is 416 g/mol. The van der Waals surface area contributed by atoms with Crippen LogP contribution >= 0.6 is 11.6 Å². The van der Waals surface area contributed by atoms with Gasteiger partial charge in [0, 0.05) is 12.1 Å². The number of nitrogens with zero attached hydrogens (tertiary/aromatic N) is 1. The molecule has 1 saturated heterocycles. The Morgan fingerprint density at radius 3 is 2.55 bits per heavy atom. The number of rotatable bonds is 6. The molecule has 0 saturated carbocycles. The van der Waals surface area contributed by atoms with E-state index in [1.54, 1.807) is 12.1 Å². The molecule has 0 spiro atoms. The highest BCUT2D eigenvalue weighted by atomic mass is 35.5. The number of Topliss-reactive ketones (excluding diaryl/α,β-unsaturated/α-hetero) is 1. The summed E-state index contributed by atoms with van der Waals surface area (Å²) in [5, 5.41) is 11.2. The van der Waals surface area contributed by atoms with Crippen LogP contribution in [-0.4, -0.2) is 34.8 Å². The van der Waals surface area contributed by atoms with Gasteiger partial charge in [-0.3, -0.25) is 9.59 Å². The fourth-order valence-electron chi connectivity index (χ4n) is 3.28. The van der Waals surface area contributed by atoms with Gasteiger partial charge in [-0.2, -0.15) is 0 Å². The molecule has 7 heteroatoms. The lowest BCUT2D eigenvalue weighted by molar-refractivity contribution is -0.139. The van der Waals surface area contributed by atoms with Crippen LogP contribution in [0.15, 0.2) is 60.7 Å². The van der Waals surface area contributed by atoms with Crippen LogP contribution in [-0.2, 0) is 9.59 Å². The summed E-state index contributed by atoms with van der Waals surface area (Å²) in [6.45, 7) is 5.94. The first-order valence-electron chi connectivity index (χ1n) is 8.96. The van der Waals surface area contributed by atoms with Gasteiger partial charge in [-0.05, 0) is 42.8 Å². The first kappa shape index (κ1) is 20.6. The highest BCUT2D eigenvalue weighted by Crippen LogP contribution is 2.40. The molecule has 0 radical (unpaired) electrons. The van der Waals surface area contributed by atoms with Crippen LogP contribution in [0.25, 0.3) is 5.76 Å². The summed E-state index contributed by atoms with van der Waals surface area (Å²) in [4.78, 5) is 26.6. The Morgan fingerprint density at radius 1 is 1.28 bits per heavy atom. The van der Waals surface area contributed by atoms with Gasteiger partial charge in [0.05, 0.1) is 23.2 Å². The number of carbonyl (C=O) groups excluding carboxylic acids is 2. The average Bonchev–Trinajstić information content (AvgIpc) is 2.95. The second-order valence-electron chi connectivity index (χ2n) is 6.37. The van der Waals surface area contributed by atoms with E-state index in [2.05, 4.69) is 6.58 Å². The minimum Gasteiger partial charge on any atom is -0.507 e. The summed E-state index contributed by atoms with van der Waals surface area (Å²) in [7, 11) is 0. The molecule has 3 rings (SSSR count). The summed E-state index contributed by atoms with van der Waals surface area (Å²) in [5.74, 6) is -1.98. The number of aliphatic hydroxyl groups excluding tert-OH is 1. The Hall–Kier alpha value is -3.12. The molecule has 29 heavy (non-hydrogen) atoms. The standard InChI is InChI=1S/C22H19ClFNO4/c1-3-11-25-19(13-5-8-15(24)9-6-13)18(21(27)22(25)28)20(26)14-7-10-17(29-4-2)16(23)12-14/h3,5-10,12,19,26H,1,4,11H2,2H3/t19-/m1/s1. The second kappa shape index (κ2) is 8.49. The number of hydrogen-bond acceptors (Lipinski definition) is 4. The number of halogens is 2. The fraction of sp³-hybridized carbons (Fsp3) is 0.182. The predicted molar refractivity (Wildman–Crippen MR) is 108 cm³/mol.